The van der Waals surface area contributed by atoms with Gasteiger partial charge in [-0.3, -0.25) is 4.79 Å². The highest BCUT2D eigenvalue weighted by Crippen LogP contribution is 2.23. The van der Waals surface area contributed by atoms with Crippen molar-refractivity contribution in [1.82, 2.24) is 25.1 Å². The van der Waals surface area contributed by atoms with Crippen LogP contribution in [0.5, 0.6) is 0 Å². The molecule has 1 N–H and O–H groups in total. The lowest BCUT2D eigenvalue weighted by molar-refractivity contribution is -0.140. The number of tetrazole rings is 1. The summed E-state index contributed by atoms with van der Waals surface area (Å²) in [6, 6.07) is 9.06. The summed E-state index contributed by atoms with van der Waals surface area (Å²) in [5.74, 6) is 0.475. The average Bonchev–Trinajstić information content (AvgIpc) is 3.05. The van der Waals surface area contributed by atoms with Crippen molar-refractivity contribution in [2.75, 3.05) is 13.1 Å². The summed E-state index contributed by atoms with van der Waals surface area (Å²) in [5, 5.41) is 22.5. The largest absolute Gasteiger partial charge is 0.391 e. The number of aliphatic hydroxyl groups excluding tert-OH is 1. The highest BCUT2D eigenvalue weighted by Gasteiger charge is 2.33. The van der Waals surface area contributed by atoms with Crippen molar-refractivity contribution >= 4 is 5.91 Å². The fourth-order valence-electron chi connectivity index (χ4n) is 3.04. The second-order valence-corrected chi connectivity index (χ2v) is 6.57. The van der Waals surface area contributed by atoms with E-state index in [2.05, 4.69) is 15.4 Å². The number of rotatable bonds is 4. The van der Waals surface area contributed by atoms with Crippen LogP contribution in [-0.2, 0) is 4.79 Å². The van der Waals surface area contributed by atoms with Crippen LogP contribution in [0.2, 0.25) is 0 Å². The first-order valence-electron chi connectivity index (χ1n) is 8.38. The Hall–Kier alpha value is -2.28. The number of carbonyl (C=O) groups excluding carboxylic acids is 1. The third-order valence-electron chi connectivity index (χ3n) is 4.30. The Morgan fingerprint density at radius 3 is 2.71 bits per heavy atom. The van der Waals surface area contributed by atoms with Crippen molar-refractivity contribution in [3.8, 4) is 11.4 Å². The van der Waals surface area contributed by atoms with Gasteiger partial charge in [0.15, 0.2) is 6.04 Å². The van der Waals surface area contributed by atoms with E-state index < -0.39 is 12.1 Å². The van der Waals surface area contributed by atoms with Crippen molar-refractivity contribution in [2.45, 2.75) is 38.8 Å². The topological polar surface area (TPSA) is 84.1 Å². The average molecular weight is 329 g/mol. The predicted octanol–water partition coefficient (Wildman–Crippen LogP) is 1.52. The van der Waals surface area contributed by atoms with Crippen LogP contribution in [0, 0.1) is 5.92 Å². The normalized spacial score (nSPS) is 19.5. The minimum Gasteiger partial charge on any atom is -0.391 e. The summed E-state index contributed by atoms with van der Waals surface area (Å²) in [7, 11) is 0. The van der Waals surface area contributed by atoms with Gasteiger partial charge in [-0.1, -0.05) is 44.2 Å². The first-order chi connectivity index (χ1) is 11.6. The van der Waals surface area contributed by atoms with Crippen LogP contribution in [0.1, 0.15) is 32.7 Å². The lowest BCUT2D eigenvalue weighted by Gasteiger charge is -2.33. The number of piperidine rings is 1. The van der Waals surface area contributed by atoms with Crippen molar-refractivity contribution in [1.29, 1.82) is 0 Å². The Labute approximate surface area is 141 Å². The molecule has 2 aromatic rings. The van der Waals surface area contributed by atoms with Gasteiger partial charge in [0.25, 0.3) is 0 Å². The Balaban J connectivity index is 1.83. The first kappa shape index (κ1) is 16.6. The van der Waals surface area contributed by atoms with E-state index in [0.717, 1.165) is 18.4 Å². The monoisotopic (exact) mass is 329 g/mol. The number of likely N-dealkylation sites (tertiary alicyclic amines) is 1. The van der Waals surface area contributed by atoms with E-state index in [1.807, 2.05) is 44.2 Å². The van der Waals surface area contributed by atoms with E-state index in [0.29, 0.717) is 18.9 Å². The maximum absolute atomic E-state index is 12.9. The van der Waals surface area contributed by atoms with Gasteiger partial charge in [0.05, 0.1) is 6.10 Å². The molecule has 0 aliphatic carbocycles. The third kappa shape index (κ3) is 3.46. The Morgan fingerprint density at radius 2 is 2.04 bits per heavy atom. The van der Waals surface area contributed by atoms with Gasteiger partial charge >= 0.3 is 0 Å². The van der Waals surface area contributed by atoms with Gasteiger partial charge in [-0.05, 0) is 24.0 Å². The molecule has 3 rings (SSSR count). The Bertz CT molecular complexity index is 685. The smallest absolute Gasteiger partial charge is 0.249 e. The van der Waals surface area contributed by atoms with E-state index in [9.17, 15) is 9.90 Å². The molecule has 0 spiro atoms. The summed E-state index contributed by atoms with van der Waals surface area (Å²) in [4.78, 5) is 16.0. The zero-order chi connectivity index (χ0) is 17.1. The van der Waals surface area contributed by atoms with E-state index >= 15 is 0 Å². The molecule has 1 aliphatic heterocycles. The minimum absolute atomic E-state index is 0.0226. The molecule has 24 heavy (non-hydrogen) atoms. The lowest BCUT2D eigenvalue weighted by Crippen LogP contribution is -2.46. The number of benzene rings is 1. The number of hydrogen-bond acceptors (Lipinski definition) is 5. The van der Waals surface area contributed by atoms with Crippen LogP contribution in [0.15, 0.2) is 30.3 Å². The van der Waals surface area contributed by atoms with Gasteiger partial charge in [-0.2, -0.15) is 4.80 Å². The molecule has 1 saturated heterocycles. The summed E-state index contributed by atoms with van der Waals surface area (Å²) < 4.78 is 0. The lowest BCUT2D eigenvalue weighted by atomic mass is 10.0. The van der Waals surface area contributed by atoms with Crippen LogP contribution >= 0.6 is 0 Å². The number of nitrogens with zero attached hydrogens (tertiary/aromatic N) is 5. The molecule has 7 nitrogen and oxygen atoms in total. The maximum Gasteiger partial charge on any atom is 0.249 e. The Morgan fingerprint density at radius 1 is 1.29 bits per heavy atom. The van der Waals surface area contributed by atoms with Gasteiger partial charge in [0.2, 0.25) is 11.7 Å². The molecule has 1 fully saturated rings. The van der Waals surface area contributed by atoms with Crippen molar-refractivity contribution in [2.24, 2.45) is 5.92 Å². The van der Waals surface area contributed by atoms with E-state index in [4.69, 9.17) is 0 Å². The van der Waals surface area contributed by atoms with Crippen molar-refractivity contribution in [3.05, 3.63) is 30.3 Å². The zero-order valence-electron chi connectivity index (χ0n) is 14.0. The summed E-state index contributed by atoms with van der Waals surface area (Å²) in [6.45, 7) is 4.98. The molecule has 2 atom stereocenters. The third-order valence-corrected chi connectivity index (χ3v) is 4.30. The molecule has 2 heterocycles. The van der Waals surface area contributed by atoms with Crippen LogP contribution in [-0.4, -0.2) is 55.3 Å². The van der Waals surface area contributed by atoms with Crippen molar-refractivity contribution in [3.63, 3.8) is 0 Å². The number of hydrogen-bond donors (Lipinski definition) is 1. The molecule has 0 bridgehead atoms. The fraction of sp³-hybridized carbons (Fsp3) is 0.529. The molecule has 1 aliphatic rings. The molecule has 0 saturated carbocycles. The number of aliphatic hydroxyl groups is 1. The number of carbonyl (C=O) groups is 1. The molecular formula is C17H23N5O2. The van der Waals surface area contributed by atoms with E-state index in [-0.39, 0.29) is 11.8 Å². The number of amides is 1. The SMILES string of the molecule is CC(C)C(C(=O)N1CCCC(O)C1)n1nnc(-c2ccccc2)n1. The predicted molar refractivity (Wildman–Crippen MR) is 88.9 cm³/mol. The quantitative estimate of drug-likeness (QED) is 0.919. The van der Waals surface area contributed by atoms with Gasteiger partial charge in [0.1, 0.15) is 0 Å². The highest BCUT2D eigenvalue weighted by atomic mass is 16.3. The number of aromatic nitrogens is 4. The minimum atomic E-state index is -0.514. The van der Waals surface area contributed by atoms with Crippen molar-refractivity contribution < 1.29 is 9.90 Å². The van der Waals surface area contributed by atoms with E-state index in [1.54, 1.807) is 4.90 Å². The molecule has 7 heteroatoms. The maximum atomic E-state index is 12.9. The van der Waals surface area contributed by atoms with E-state index in [1.165, 1.54) is 4.80 Å². The molecule has 0 radical (unpaired) electrons. The highest BCUT2D eigenvalue weighted by molar-refractivity contribution is 5.80. The zero-order valence-corrected chi connectivity index (χ0v) is 14.0. The van der Waals surface area contributed by atoms with Crippen LogP contribution < -0.4 is 0 Å². The summed E-state index contributed by atoms with van der Waals surface area (Å²) in [6.07, 6.45) is 1.12. The molecule has 128 valence electrons. The van der Waals surface area contributed by atoms with Gasteiger partial charge in [0, 0.05) is 18.7 Å². The van der Waals surface area contributed by atoms with Crippen LogP contribution in [0.3, 0.4) is 0 Å². The summed E-state index contributed by atoms with van der Waals surface area (Å²) >= 11 is 0. The van der Waals surface area contributed by atoms with Gasteiger partial charge in [-0.15, -0.1) is 10.2 Å². The first-order valence-corrected chi connectivity index (χ1v) is 8.38. The molecule has 1 aromatic carbocycles. The van der Waals surface area contributed by atoms with Crippen LogP contribution in [0.25, 0.3) is 11.4 Å². The summed E-state index contributed by atoms with van der Waals surface area (Å²) in [5.41, 5.74) is 0.868. The van der Waals surface area contributed by atoms with Crippen LogP contribution in [0.4, 0.5) is 0 Å². The second kappa shape index (κ2) is 7.09. The second-order valence-electron chi connectivity index (χ2n) is 6.57. The molecule has 1 aromatic heterocycles. The van der Waals surface area contributed by atoms with Gasteiger partial charge < -0.3 is 10.0 Å². The molecular weight excluding hydrogens is 306 g/mol. The standard InChI is InChI=1S/C17H23N5O2/c1-12(2)15(17(24)21-10-6-9-14(23)11-21)22-19-16(18-20-22)13-7-4-3-5-8-13/h3-5,7-8,12,14-15,23H,6,9-11H2,1-2H3. The molecule has 2 unspecified atom stereocenters. The van der Waals surface area contributed by atoms with Gasteiger partial charge in [-0.25, -0.2) is 0 Å². The molecule has 1 amide bonds. The fourth-order valence-corrected chi connectivity index (χ4v) is 3.04. The Kier molecular flexibility index (Phi) is 4.89. The number of β-amino-alcohol motifs (C(OH)–C–C–N with tert-alkyl or cyclic N) is 1.